The van der Waals surface area contributed by atoms with Crippen LogP contribution in [0.1, 0.15) is 32.1 Å². The van der Waals surface area contributed by atoms with Gasteiger partial charge in [0.1, 0.15) is 0 Å². The Morgan fingerprint density at radius 2 is 2.27 bits per heavy atom. The summed E-state index contributed by atoms with van der Waals surface area (Å²) < 4.78 is 5.47. The van der Waals surface area contributed by atoms with Crippen LogP contribution in [0.15, 0.2) is 0 Å². The van der Waals surface area contributed by atoms with Gasteiger partial charge in [0.15, 0.2) is 0 Å². The molecule has 4 nitrogen and oxygen atoms in total. The van der Waals surface area contributed by atoms with Crippen LogP contribution in [0.2, 0.25) is 0 Å². The molecule has 1 saturated heterocycles. The van der Waals surface area contributed by atoms with Crippen molar-refractivity contribution in [3.05, 3.63) is 0 Å². The van der Waals surface area contributed by atoms with Crippen LogP contribution in [0.5, 0.6) is 0 Å². The minimum absolute atomic E-state index is 0.543. The summed E-state index contributed by atoms with van der Waals surface area (Å²) in [4.78, 5) is 11.9. The number of hydrogen-bond donors (Lipinski definition) is 1. The monoisotopic (exact) mass is 213 g/mol. The van der Waals surface area contributed by atoms with E-state index in [1.807, 2.05) is 0 Å². The largest absolute Gasteiger partial charge is 0.465 e. The third-order valence-corrected chi connectivity index (χ3v) is 3.55. The summed E-state index contributed by atoms with van der Waals surface area (Å²) in [6, 6.07) is 0. The molecule has 1 saturated carbocycles. The van der Waals surface area contributed by atoms with Crippen molar-refractivity contribution in [1.82, 2.24) is 4.90 Å². The smallest absolute Gasteiger partial charge is 0.407 e. The molecule has 1 amide bonds. The van der Waals surface area contributed by atoms with Crippen molar-refractivity contribution in [2.24, 2.45) is 5.92 Å². The van der Waals surface area contributed by atoms with Gasteiger partial charge >= 0.3 is 6.09 Å². The molecule has 3 unspecified atom stereocenters. The van der Waals surface area contributed by atoms with E-state index in [0.29, 0.717) is 18.8 Å². The maximum atomic E-state index is 10.5. The lowest BCUT2D eigenvalue weighted by Crippen LogP contribution is -2.26. The van der Waals surface area contributed by atoms with E-state index in [1.165, 1.54) is 24.2 Å². The molecule has 1 N–H and O–H groups in total. The van der Waals surface area contributed by atoms with Crippen LogP contribution in [0.4, 0.5) is 4.79 Å². The Kier molecular flexibility index (Phi) is 3.14. The molecule has 0 aromatic heterocycles. The van der Waals surface area contributed by atoms with Crippen molar-refractivity contribution in [2.75, 3.05) is 13.6 Å². The van der Waals surface area contributed by atoms with Gasteiger partial charge in [-0.2, -0.15) is 0 Å². The number of carboxylic acid groups (broad SMARTS) is 1. The zero-order chi connectivity index (χ0) is 10.8. The van der Waals surface area contributed by atoms with Gasteiger partial charge in [-0.15, -0.1) is 0 Å². The van der Waals surface area contributed by atoms with Gasteiger partial charge in [-0.05, 0) is 38.0 Å². The highest BCUT2D eigenvalue weighted by Crippen LogP contribution is 2.40. The van der Waals surface area contributed by atoms with Gasteiger partial charge in [-0.25, -0.2) is 4.79 Å². The minimum atomic E-state index is -0.829. The van der Waals surface area contributed by atoms with Crippen LogP contribution < -0.4 is 0 Å². The Bertz CT molecular complexity index is 244. The number of fused-ring (bicyclic) bond motifs is 1. The summed E-state index contributed by atoms with van der Waals surface area (Å²) in [5.74, 6) is 0.760. The number of epoxide rings is 1. The lowest BCUT2D eigenvalue weighted by Gasteiger charge is -2.20. The second kappa shape index (κ2) is 4.39. The van der Waals surface area contributed by atoms with E-state index in [0.717, 1.165) is 18.8 Å². The molecule has 0 aromatic rings. The van der Waals surface area contributed by atoms with E-state index < -0.39 is 6.09 Å². The summed E-state index contributed by atoms with van der Waals surface area (Å²) in [6.45, 7) is 0.654. The first-order valence-corrected chi connectivity index (χ1v) is 5.76. The van der Waals surface area contributed by atoms with Crippen molar-refractivity contribution in [3.8, 4) is 0 Å². The number of nitrogens with zero attached hydrogens (tertiary/aromatic N) is 1. The van der Waals surface area contributed by atoms with Crippen LogP contribution in [-0.2, 0) is 4.74 Å². The molecular weight excluding hydrogens is 194 g/mol. The van der Waals surface area contributed by atoms with Gasteiger partial charge < -0.3 is 14.7 Å². The predicted molar refractivity (Wildman–Crippen MR) is 55.9 cm³/mol. The fourth-order valence-electron chi connectivity index (χ4n) is 2.46. The van der Waals surface area contributed by atoms with Crippen LogP contribution in [0.25, 0.3) is 0 Å². The van der Waals surface area contributed by atoms with Crippen molar-refractivity contribution in [3.63, 3.8) is 0 Å². The maximum Gasteiger partial charge on any atom is 0.407 e. The first-order valence-electron chi connectivity index (χ1n) is 5.76. The summed E-state index contributed by atoms with van der Waals surface area (Å²) >= 11 is 0. The van der Waals surface area contributed by atoms with Gasteiger partial charge in [0, 0.05) is 13.6 Å². The molecule has 0 bridgehead atoms. The molecule has 3 atom stereocenters. The molecule has 2 rings (SSSR count). The molecule has 0 spiro atoms. The Balaban J connectivity index is 1.59. The molecule has 1 heterocycles. The number of carbonyl (C=O) groups is 1. The molecule has 2 aliphatic rings. The van der Waals surface area contributed by atoms with Crippen LogP contribution in [-0.4, -0.2) is 41.9 Å². The minimum Gasteiger partial charge on any atom is -0.465 e. The lowest BCUT2D eigenvalue weighted by atomic mass is 9.86. The van der Waals surface area contributed by atoms with E-state index in [9.17, 15) is 4.79 Å². The lowest BCUT2D eigenvalue weighted by molar-refractivity contribution is 0.154. The van der Waals surface area contributed by atoms with E-state index >= 15 is 0 Å². The number of amides is 1. The summed E-state index contributed by atoms with van der Waals surface area (Å²) in [5, 5.41) is 8.67. The molecule has 15 heavy (non-hydrogen) atoms. The second-order valence-electron chi connectivity index (χ2n) is 4.74. The highest BCUT2D eigenvalue weighted by molar-refractivity contribution is 5.64. The zero-order valence-corrected chi connectivity index (χ0v) is 9.19. The van der Waals surface area contributed by atoms with Crippen molar-refractivity contribution < 1.29 is 14.6 Å². The molecule has 4 heteroatoms. The van der Waals surface area contributed by atoms with E-state index in [2.05, 4.69) is 0 Å². The Morgan fingerprint density at radius 1 is 1.47 bits per heavy atom. The van der Waals surface area contributed by atoms with Crippen molar-refractivity contribution >= 4 is 6.09 Å². The summed E-state index contributed by atoms with van der Waals surface area (Å²) in [6.07, 6.45) is 6.08. The average molecular weight is 213 g/mol. The average Bonchev–Trinajstić information content (AvgIpc) is 2.95. The van der Waals surface area contributed by atoms with E-state index in [-0.39, 0.29) is 0 Å². The van der Waals surface area contributed by atoms with Gasteiger partial charge in [-0.1, -0.05) is 0 Å². The van der Waals surface area contributed by atoms with Crippen LogP contribution in [0.3, 0.4) is 0 Å². The standard InChI is InChI=1S/C11H19NO3/c1-12(11(13)14)6-2-3-8-4-5-9-10(7-8)15-9/h8-10H,2-7H2,1H3,(H,13,14). The summed E-state index contributed by atoms with van der Waals surface area (Å²) in [5.41, 5.74) is 0. The Morgan fingerprint density at radius 3 is 2.93 bits per heavy atom. The number of rotatable bonds is 4. The highest BCUT2D eigenvalue weighted by Gasteiger charge is 2.43. The SMILES string of the molecule is CN(CCCC1CCC2OC2C1)C(=O)O. The molecule has 1 aliphatic carbocycles. The van der Waals surface area contributed by atoms with E-state index in [1.54, 1.807) is 7.05 Å². The van der Waals surface area contributed by atoms with Gasteiger partial charge in [0.25, 0.3) is 0 Å². The molecule has 2 fully saturated rings. The van der Waals surface area contributed by atoms with Crippen molar-refractivity contribution in [1.29, 1.82) is 0 Å². The molecule has 86 valence electrons. The fraction of sp³-hybridized carbons (Fsp3) is 0.909. The van der Waals surface area contributed by atoms with Gasteiger partial charge in [0.2, 0.25) is 0 Å². The number of hydrogen-bond acceptors (Lipinski definition) is 2. The third-order valence-electron chi connectivity index (χ3n) is 3.55. The molecule has 0 radical (unpaired) electrons. The fourth-order valence-corrected chi connectivity index (χ4v) is 2.46. The highest BCUT2D eigenvalue weighted by atomic mass is 16.6. The molecular formula is C11H19NO3. The first kappa shape index (κ1) is 10.7. The second-order valence-corrected chi connectivity index (χ2v) is 4.74. The zero-order valence-electron chi connectivity index (χ0n) is 9.19. The van der Waals surface area contributed by atoms with E-state index in [4.69, 9.17) is 9.84 Å². The quantitative estimate of drug-likeness (QED) is 0.726. The molecule has 1 aliphatic heterocycles. The van der Waals surface area contributed by atoms with Gasteiger partial charge in [-0.3, -0.25) is 0 Å². The van der Waals surface area contributed by atoms with Crippen molar-refractivity contribution in [2.45, 2.75) is 44.3 Å². The number of ether oxygens (including phenoxy) is 1. The predicted octanol–water partition coefficient (Wildman–Crippen LogP) is 1.94. The van der Waals surface area contributed by atoms with Gasteiger partial charge in [0.05, 0.1) is 12.2 Å². The Hall–Kier alpha value is -0.770. The third kappa shape index (κ3) is 2.84. The summed E-state index contributed by atoms with van der Waals surface area (Å²) in [7, 11) is 1.63. The maximum absolute atomic E-state index is 10.5. The topological polar surface area (TPSA) is 53.1 Å². The normalized spacial score (nSPS) is 33.3. The molecule has 0 aromatic carbocycles. The first-order chi connectivity index (χ1) is 7.16. The van der Waals surface area contributed by atoms with Crippen LogP contribution in [0, 0.1) is 5.92 Å². The Labute approximate surface area is 90.2 Å². The van der Waals surface area contributed by atoms with Crippen LogP contribution >= 0.6 is 0 Å².